The molecule has 1 nitrogen and oxygen atoms in total. The molecule has 0 aliphatic carbocycles. The fraction of sp³-hybridized carbons (Fsp3) is 0.462. The molecule has 0 N–H and O–H groups in total. The Morgan fingerprint density at radius 2 is 2.00 bits per heavy atom. The van der Waals surface area contributed by atoms with Crippen LogP contribution < -0.4 is 4.74 Å². The number of ether oxygens (including phenoxy) is 1. The molecule has 14 heavy (non-hydrogen) atoms. The zero-order valence-electron chi connectivity index (χ0n) is 9.12. The monoisotopic (exact) mass is 191 g/mol. The highest BCUT2D eigenvalue weighted by molar-refractivity contribution is 5.33. The van der Waals surface area contributed by atoms with Gasteiger partial charge in [0.05, 0.1) is 6.10 Å². The van der Waals surface area contributed by atoms with Gasteiger partial charge in [-0.15, -0.1) is 0 Å². The van der Waals surface area contributed by atoms with E-state index in [1.807, 2.05) is 12.1 Å². The molecule has 77 valence electrons. The van der Waals surface area contributed by atoms with Crippen LogP contribution in [0.3, 0.4) is 0 Å². The van der Waals surface area contributed by atoms with Crippen molar-refractivity contribution in [2.45, 2.75) is 39.2 Å². The predicted octanol–water partition coefficient (Wildman–Crippen LogP) is 3.63. The third-order valence-electron chi connectivity index (χ3n) is 2.03. The summed E-state index contributed by atoms with van der Waals surface area (Å²) in [6.07, 6.45) is 3.41. The van der Waals surface area contributed by atoms with Crippen molar-refractivity contribution >= 4 is 0 Å². The molecule has 1 aromatic rings. The SMILES string of the molecule is [CH2]CCCc1ccccc1OC(C)C. The Hall–Kier alpha value is -0.980. The molecule has 1 rings (SSSR count). The Morgan fingerprint density at radius 1 is 1.29 bits per heavy atom. The van der Waals surface area contributed by atoms with Crippen LogP contribution in [0.25, 0.3) is 0 Å². The van der Waals surface area contributed by atoms with E-state index in [1.165, 1.54) is 5.56 Å². The number of benzene rings is 1. The second-order valence-electron chi connectivity index (χ2n) is 3.73. The maximum atomic E-state index is 5.72. The number of aryl methyl sites for hydroxylation is 1. The van der Waals surface area contributed by atoms with Crippen molar-refractivity contribution in [2.24, 2.45) is 0 Å². The van der Waals surface area contributed by atoms with Crippen molar-refractivity contribution in [2.75, 3.05) is 0 Å². The van der Waals surface area contributed by atoms with E-state index in [0.29, 0.717) is 0 Å². The molecule has 1 aromatic carbocycles. The summed E-state index contributed by atoms with van der Waals surface area (Å²) in [7, 11) is 0. The number of rotatable bonds is 5. The zero-order chi connectivity index (χ0) is 10.4. The van der Waals surface area contributed by atoms with E-state index in [4.69, 9.17) is 4.74 Å². The van der Waals surface area contributed by atoms with Gasteiger partial charge < -0.3 is 4.74 Å². The van der Waals surface area contributed by atoms with Crippen molar-refractivity contribution in [1.82, 2.24) is 0 Å². The van der Waals surface area contributed by atoms with Gasteiger partial charge in [0.1, 0.15) is 5.75 Å². The molecule has 0 aliphatic rings. The average molecular weight is 191 g/mol. The molecule has 1 radical (unpaired) electrons. The first-order valence-corrected chi connectivity index (χ1v) is 5.28. The first kappa shape index (κ1) is 11.1. The van der Waals surface area contributed by atoms with Crippen LogP contribution in [0.15, 0.2) is 24.3 Å². The minimum atomic E-state index is 0.246. The van der Waals surface area contributed by atoms with Gasteiger partial charge in [0.15, 0.2) is 0 Å². The minimum absolute atomic E-state index is 0.246. The predicted molar refractivity (Wildman–Crippen MR) is 60.5 cm³/mol. The highest BCUT2D eigenvalue weighted by atomic mass is 16.5. The molecular formula is C13H19O. The molecular weight excluding hydrogens is 172 g/mol. The Balaban J connectivity index is 2.69. The molecule has 0 aromatic heterocycles. The normalized spacial score (nSPS) is 10.6. The van der Waals surface area contributed by atoms with Crippen LogP contribution in [0.1, 0.15) is 32.3 Å². The first-order valence-electron chi connectivity index (χ1n) is 5.28. The van der Waals surface area contributed by atoms with Gasteiger partial charge in [-0.3, -0.25) is 0 Å². The quantitative estimate of drug-likeness (QED) is 0.690. The fourth-order valence-corrected chi connectivity index (χ4v) is 1.39. The van der Waals surface area contributed by atoms with Crippen molar-refractivity contribution in [3.8, 4) is 5.75 Å². The maximum absolute atomic E-state index is 5.72. The van der Waals surface area contributed by atoms with Crippen LogP contribution >= 0.6 is 0 Å². The van der Waals surface area contributed by atoms with Gasteiger partial charge in [0.25, 0.3) is 0 Å². The highest BCUT2D eigenvalue weighted by Crippen LogP contribution is 2.21. The van der Waals surface area contributed by atoms with E-state index in [0.717, 1.165) is 25.0 Å². The van der Waals surface area contributed by atoms with Gasteiger partial charge in [0, 0.05) is 0 Å². The molecule has 0 unspecified atom stereocenters. The fourth-order valence-electron chi connectivity index (χ4n) is 1.39. The zero-order valence-corrected chi connectivity index (χ0v) is 9.12. The van der Waals surface area contributed by atoms with Gasteiger partial charge in [-0.25, -0.2) is 0 Å². The lowest BCUT2D eigenvalue weighted by atomic mass is 10.1. The second kappa shape index (κ2) is 5.69. The Labute approximate surface area is 87.1 Å². The largest absolute Gasteiger partial charge is 0.491 e. The van der Waals surface area contributed by atoms with Crippen molar-refractivity contribution in [1.29, 1.82) is 0 Å². The molecule has 0 fully saturated rings. The van der Waals surface area contributed by atoms with E-state index >= 15 is 0 Å². The van der Waals surface area contributed by atoms with Gasteiger partial charge in [-0.1, -0.05) is 31.5 Å². The summed E-state index contributed by atoms with van der Waals surface area (Å²) in [6.45, 7) is 7.96. The molecule has 0 aliphatic heterocycles. The summed E-state index contributed by atoms with van der Waals surface area (Å²) in [6, 6.07) is 8.25. The Bertz CT molecular complexity index is 266. The van der Waals surface area contributed by atoms with Gasteiger partial charge >= 0.3 is 0 Å². The van der Waals surface area contributed by atoms with Crippen LogP contribution in [0.5, 0.6) is 5.75 Å². The van der Waals surface area contributed by atoms with Crippen LogP contribution in [-0.4, -0.2) is 6.10 Å². The number of para-hydroxylation sites is 1. The summed E-state index contributed by atoms with van der Waals surface area (Å²) in [4.78, 5) is 0. The summed E-state index contributed by atoms with van der Waals surface area (Å²) in [5.74, 6) is 1.02. The lowest BCUT2D eigenvalue weighted by molar-refractivity contribution is 0.240. The molecule has 0 amide bonds. The van der Waals surface area contributed by atoms with E-state index < -0.39 is 0 Å². The molecule has 0 saturated heterocycles. The third-order valence-corrected chi connectivity index (χ3v) is 2.03. The summed E-state index contributed by atoms with van der Waals surface area (Å²) in [5.41, 5.74) is 1.30. The average Bonchev–Trinajstić information content (AvgIpc) is 2.16. The lowest BCUT2D eigenvalue weighted by Gasteiger charge is -2.13. The standard InChI is InChI=1S/C13H19O/c1-4-5-8-12-9-6-7-10-13(12)14-11(2)3/h6-7,9-11H,1,4-5,8H2,2-3H3. The second-order valence-corrected chi connectivity index (χ2v) is 3.73. The molecule has 0 heterocycles. The van der Waals surface area contributed by atoms with Crippen LogP contribution in [0, 0.1) is 6.92 Å². The van der Waals surface area contributed by atoms with Gasteiger partial charge in [0.2, 0.25) is 0 Å². The topological polar surface area (TPSA) is 9.23 Å². The van der Waals surface area contributed by atoms with Crippen LogP contribution in [-0.2, 0) is 6.42 Å². The Kier molecular flexibility index (Phi) is 4.51. The van der Waals surface area contributed by atoms with Gasteiger partial charge in [-0.2, -0.15) is 0 Å². The van der Waals surface area contributed by atoms with Crippen molar-refractivity contribution in [3.05, 3.63) is 36.8 Å². The van der Waals surface area contributed by atoms with E-state index in [9.17, 15) is 0 Å². The lowest BCUT2D eigenvalue weighted by Crippen LogP contribution is -2.07. The molecule has 0 saturated carbocycles. The van der Waals surface area contributed by atoms with Crippen LogP contribution in [0.4, 0.5) is 0 Å². The van der Waals surface area contributed by atoms with Gasteiger partial charge in [-0.05, 0) is 38.3 Å². The molecule has 1 heteroatoms. The highest BCUT2D eigenvalue weighted by Gasteiger charge is 2.03. The van der Waals surface area contributed by atoms with E-state index in [-0.39, 0.29) is 6.10 Å². The minimum Gasteiger partial charge on any atom is -0.491 e. The van der Waals surface area contributed by atoms with E-state index in [1.54, 1.807) is 0 Å². The smallest absolute Gasteiger partial charge is 0.122 e. The molecule has 0 bridgehead atoms. The van der Waals surface area contributed by atoms with Crippen molar-refractivity contribution < 1.29 is 4.74 Å². The molecule has 0 spiro atoms. The van der Waals surface area contributed by atoms with Crippen molar-refractivity contribution in [3.63, 3.8) is 0 Å². The first-order chi connectivity index (χ1) is 6.74. The maximum Gasteiger partial charge on any atom is 0.122 e. The van der Waals surface area contributed by atoms with E-state index in [2.05, 4.69) is 32.9 Å². The number of hydrogen-bond donors (Lipinski definition) is 0. The summed E-state index contributed by atoms with van der Waals surface area (Å²) in [5, 5.41) is 0. The third kappa shape index (κ3) is 3.41. The Morgan fingerprint density at radius 3 is 2.64 bits per heavy atom. The molecule has 0 atom stereocenters. The van der Waals surface area contributed by atoms with Crippen LogP contribution in [0.2, 0.25) is 0 Å². The number of hydrogen-bond acceptors (Lipinski definition) is 1. The summed E-state index contributed by atoms with van der Waals surface area (Å²) < 4.78 is 5.72. The number of unbranched alkanes of at least 4 members (excludes halogenated alkanes) is 1. The summed E-state index contributed by atoms with van der Waals surface area (Å²) >= 11 is 0.